The number of carboxylic acids is 1. The van der Waals surface area contributed by atoms with Crippen molar-refractivity contribution in [3.05, 3.63) is 23.8 Å². The monoisotopic (exact) mass is 288 g/mol. The van der Waals surface area contributed by atoms with Crippen LogP contribution in [0.4, 0.5) is 5.69 Å². The van der Waals surface area contributed by atoms with Crippen LogP contribution < -0.4 is 10.9 Å². The summed E-state index contributed by atoms with van der Waals surface area (Å²) in [5.41, 5.74) is 6.80. The maximum atomic E-state index is 10.9. The normalized spacial score (nSPS) is 13.0. The van der Waals surface area contributed by atoms with Crippen molar-refractivity contribution in [2.75, 3.05) is 5.43 Å². The molecular weight excluding hydrogens is 272 g/mol. The standard InChI is InChI=1S/C11H16N2O5S/c1-7-5-9(19(16,17)18)3-4-10(7)13-12-8(2)6-11(14)15/h3-5,8,12-13H,6H2,1-2H3,(H,14,15)(H,16,17,18). The molecule has 1 aromatic carbocycles. The van der Waals surface area contributed by atoms with Gasteiger partial charge in [-0.25, -0.2) is 5.43 Å². The van der Waals surface area contributed by atoms with E-state index in [1.165, 1.54) is 18.2 Å². The van der Waals surface area contributed by atoms with Crippen molar-refractivity contribution in [1.82, 2.24) is 5.43 Å². The molecule has 0 radical (unpaired) electrons. The van der Waals surface area contributed by atoms with Gasteiger partial charge in [0.1, 0.15) is 0 Å². The second kappa shape index (κ2) is 6.00. The largest absolute Gasteiger partial charge is 0.481 e. The van der Waals surface area contributed by atoms with Gasteiger partial charge in [0.05, 0.1) is 17.0 Å². The topological polar surface area (TPSA) is 116 Å². The molecule has 1 atom stereocenters. The van der Waals surface area contributed by atoms with Gasteiger partial charge in [0.25, 0.3) is 10.1 Å². The van der Waals surface area contributed by atoms with Crippen LogP contribution in [0.15, 0.2) is 23.1 Å². The van der Waals surface area contributed by atoms with Crippen LogP contribution in [0.25, 0.3) is 0 Å². The van der Waals surface area contributed by atoms with Gasteiger partial charge in [-0.2, -0.15) is 8.42 Å². The maximum Gasteiger partial charge on any atom is 0.304 e. The highest BCUT2D eigenvalue weighted by atomic mass is 32.2. The molecule has 0 aromatic heterocycles. The average Bonchev–Trinajstić information content (AvgIpc) is 2.25. The van der Waals surface area contributed by atoms with E-state index in [1.54, 1.807) is 13.8 Å². The maximum absolute atomic E-state index is 10.9. The molecule has 0 heterocycles. The number of anilines is 1. The SMILES string of the molecule is Cc1cc(S(=O)(=O)O)ccc1NNC(C)CC(=O)O. The molecule has 19 heavy (non-hydrogen) atoms. The molecule has 0 bridgehead atoms. The van der Waals surface area contributed by atoms with Crippen LogP contribution in [0.5, 0.6) is 0 Å². The zero-order valence-corrected chi connectivity index (χ0v) is 11.4. The molecule has 1 aromatic rings. The van der Waals surface area contributed by atoms with Crippen LogP contribution in [0.3, 0.4) is 0 Å². The lowest BCUT2D eigenvalue weighted by atomic mass is 10.2. The molecule has 7 nitrogen and oxygen atoms in total. The van der Waals surface area contributed by atoms with Crippen molar-refractivity contribution < 1.29 is 22.9 Å². The van der Waals surface area contributed by atoms with Crippen LogP contribution in [0, 0.1) is 6.92 Å². The van der Waals surface area contributed by atoms with Gasteiger partial charge in [-0.1, -0.05) is 0 Å². The van der Waals surface area contributed by atoms with Gasteiger partial charge in [-0.05, 0) is 37.6 Å². The molecule has 0 amide bonds. The summed E-state index contributed by atoms with van der Waals surface area (Å²) in [4.78, 5) is 10.3. The first kappa shape index (κ1) is 15.4. The van der Waals surface area contributed by atoms with E-state index in [0.29, 0.717) is 11.3 Å². The average molecular weight is 288 g/mol. The summed E-state index contributed by atoms with van der Waals surface area (Å²) < 4.78 is 30.8. The van der Waals surface area contributed by atoms with Crippen LogP contribution >= 0.6 is 0 Å². The van der Waals surface area contributed by atoms with E-state index < -0.39 is 16.1 Å². The summed E-state index contributed by atoms with van der Waals surface area (Å²) in [5, 5.41) is 8.60. The summed E-state index contributed by atoms with van der Waals surface area (Å²) in [6, 6.07) is 3.77. The number of hydrazine groups is 1. The van der Waals surface area contributed by atoms with Gasteiger partial charge in [0.15, 0.2) is 0 Å². The minimum atomic E-state index is -4.22. The Kier molecular flexibility index (Phi) is 4.87. The number of aryl methyl sites for hydroxylation is 1. The third kappa shape index (κ3) is 4.86. The minimum absolute atomic E-state index is 0.0465. The molecule has 0 aliphatic carbocycles. The number of carboxylic acid groups (broad SMARTS) is 1. The fraction of sp³-hybridized carbons (Fsp3) is 0.364. The van der Waals surface area contributed by atoms with Gasteiger partial charge in [0.2, 0.25) is 0 Å². The Morgan fingerprint density at radius 3 is 2.53 bits per heavy atom. The highest BCUT2D eigenvalue weighted by molar-refractivity contribution is 7.85. The second-order valence-corrected chi connectivity index (χ2v) is 5.64. The van der Waals surface area contributed by atoms with E-state index in [-0.39, 0.29) is 17.4 Å². The van der Waals surface area contributed by atoms with E-state index in [1.807, 2.05) is 0 Å². The number of hydrogen-bond acceptors (Lipinski definition) is 5. The lowest BCUT2D eigenvalue weighted by Gasteiger charge is -2.15. The van der Waals surface area contributed by atoms with Crippen LogP contribution in [0.1, 0.15) is 18.9 Å². The summed E-state index contributed by atoms with van der Waals surface area (Å²) in [7, 11) is -4.22. The van der Waals surface area contributed by atoms with Crippen molar-refractivity contribution in [1.29, 1.82) is 0 Å². The summed E-state index contributed by atoms with van der Waals surface area (Å²) >= 11 is 0. The van der Waals surface area contributed by atoms with Gasteiger partial charge >= 0.3 is 5.97 Å². The quantitative estimate of drug-likeness (QED) is 0.456. The third-order valence-corrected chi connectivity index (χ3v) is 3.28. The first-order chi connectivity index (χ1) is 8.70. The number of nitrogens with one attached hydrogen (secondary N) is 2. The molecule has 0 aliphatic rings. The number of aliphatic carboxylic acids is 1. The lowest BCUT2D eigenvalue weighted by molar-refractivity contribution is -0.137. The fourth-order valence-corrected chi connectivity index (χ4v) is 2.02. The Morgan fingerprint density at radius 2 is 2.05 bits per heavy atom. The van der Waals surface area contributed by atoms with Gasteiger partial charge < -0.3 is 10.5 Å². The molecule has 0 fully saturated rings. The van der Waals surface area contributed by atoms with Crippen molar-refractivity contribution >= 4 is 21.8 Å². The molecule has 4 N–H and O–H groups in total. The van der Waals surface area contributed by atoms with E-state index in [4.69, 9.17) is 9.66 Å². The number of carbonyl (C=O) groups is 1. The Balaban J connectivity index is 2.73. The molecule has 1 rings (SSSR count). The van der Waals surface area contributed by atoms with Gasteiger partial charge in [0, 0.05) is 6.04 Å². The lowest BCUT2D eigenvalue weighted by Crippen LogP contribution is -2.33. The summed E-state index contributed by atoms with van der Waals surface area (Å²) in [5.74, 6) is -0.916. The van der Waals surface area contributed by atoms with E-state index in [9.17, 15) is 13.2 Å². The van der Waals surface area contributed by atoms with Crippen molar-refractivity contribution in [3.8, 4) is 0 Å². The Morgan fingerprint density at radius 1 is 1.42 bits per heavy atom. The van der Waals surface area contributed by atoms with E-state index in [2.05, 4.69) is 10.9 Å². The zero-order chi connectivity index (χ0) is 14.6. The summed E-state index contributed by atoms with van der Waals surface area (Å²) in [6.07, 6.45) is -0.0465. The first-order valence-electron chi connectivity index (χ1n) is 5.51. The molecule has 0 saturated carbocycles. The zero-order valence-electron chi connectivity index (χ0n) is 10.5. The molecule has 0 aliphatic heterocycles. The van der Waals surface area contributed by atoms with Crippen LogP contribution in [0.2, 0.25) is 0 Å². The van der Waals surface area contributed by atoms with Crippen LogP contribution in [-0.2, 0) is 14.9 Å². The van der Waals surface area contributed by atoms with Gasteiger partial charge in [-0.15, -0.1) is 0 Å². The van der Waals surface area contributed by atoms with Crippen LogP contribution in [-0.4, -0.2) is 30.1 Å². The molecule has 106 valence electrons. The smallest absolute Gasteiger partial charge is 0.304 e. The van der Waals surface area contributed by atoms with Crippen molar-refractivity contribution in [2.45, 2.75) is 31.2 Å². The highest BCUT2D eigenvalue weighted by Crippen LogP contribution is 2.18. The van der Waals surface area contributed by atoms with E-state index >= 15 is 0 Å². The van der Waals surface area contributed by atoms with Crippen molar-refractivity contribution in [2.24, 2.45) is 0 Å². The number of benzene rings is 1. The third-order valence-electron chi connectivity index (χ3n) is 2.43. The number of hydrogen-bond donors (Lipinski definition) is 4. The molecule has 8 heteroatoms. The number of rotatable bonds is 6. The highest BCUT2D eigenvalue weighted by Gasteiger charge is 2.11. The minimum Gasteiger partial charge on any atom is -0.481 e. The molecule has 0 spiro atoms. The Bertz CT molecular complexity index is 570. The Hall–Kier alpha value is -1.64. The predicted octanol–water partition coefficient (Wildman–Crippen LogP) is 1.02. The second-order valence-electron chi connectivity index (χ2n) is 4.22. The molecular formula is C11H16N2O5S. The van der Waals surface area contributed by atoms with Crippen molar-refractivity contribution in [3.63, 3.8) is 0 Å². The Labute approximate surface area is 111 Å². The van der Waals surface area contributed by atoms with Gasteiger partial charge in [-0.3, -0.25) is 9.35 Å². The molecule has 0 saturated heterocycles. The molecule has 1 unspecified atom stereocenters. The summed E-state index contributed by atoms with van der Waals surface area (Å²) in [6.45, 7) is 3.36. The predicted molar refractivity (Wildman–Crippen MR) is 69.5 cm³/mol. The first-order valence-corrected chi connectivity index (χ1v) is 6.95. The fourth-order valence-electron chi connectivity index (χ4n) is 1.45. The van der Waals surface area contributed by atoms with E-state index in [0.717, 1.165) is 0 Å².